The predicted octanol–water partition coefficient (Wildman–Crippen LogP) is 2.30. The summed E-state index contributed by atoms with van der Waals surface area (Å²) >= 11 is 5.83. The molecule has 0 aliphatic rings. The zero-order valence-electron chi connectivity index (χ0n) is 9.81. The Labute approximate surface area is 105 Å². The second kappa shape index (κ2) is 5.38. The van der Waals surface area contributed by atoms with Gasteiger partial charge < -0.3 is 15.6 Å². The first-order valence-electron chi connectivity index (χ1n) is 5.23. The van der Waals surface area contributed by atoms with E-state index in [-0.39, 0.29) is 6.42 Å². The fraction of sp³-hybridized carbons (Fsp3) is 0.417. The fourth-order valence-electron chi connectivity index (χ4n) is 1.51. The molecule has 0 saturated heterocycles. The molecule has 0 saturated carbocycles. The van der Waals surface area contributed by atoms with Crippen LogP contribution in [-0.4, -0.2) is 22.7 Å². The van der Waals surface area contributed by atoms with Gasteiger partial charge in [0.25, 0.3) is 0 Å². The maximum absolute atomic E-state index is 10.7. The highest BCUT2D eigenvalue weighted by atomic mass is 35.5. The number of halogens is 1. The molecule has 1 aromatic rings. The summed E-state index contributed by atoms with van der Waals surface area (Å²) in [6.45, 7) is 3.58. The van der Waals surface area contributed by atoms with E-state index in [1.165, 1.54) is 0 Å². The average molecular weight is 258 g/mol. The second-order valence-corrected chi connectivity index (χ2v) is 4.90. The summed E-state index contributed by atoms with van der Waals surface area (Å²) in [6.07, 6.45) is 0.217. The van der Waals surface area contributed by atoms with Gasteiger partial charge in [-0.15, -0.1) is 0 Å². The molecule has 0 heterocycles. The Balaban J connectivity index is 2.69. The van der Waals surface area contributed by atoms with Gasteiger partial charge in [0.1, 0.15) is 17.4 Å². The van der Waals surface area contributed by atoms with Crippen LogP contribution in [0, 0.1) is 0 Å². The van der Waals surface area contributed by atoms with E-state index >= 15 is 0 Å². The minimum absolute atomic E-state index is 0.217. The number of carboxylic acids is 1. The summed E-state index contributed by atoms with van der Waals surface area (Å²) in [4.78, 5) is 10.7. The maximum Gasteiger partial charge on any atom is 0.320 e. The van der Waals surface area contributed by atoms with Gasteiger partial charge in [-0.05, 0) is 32.0 Å². The molecule has 0 aromatic heterocycles. The van der Waals surface area contributed by atoms with Crippen LogP contribution in [-0.2, 0) is 4.79 Å². The largest absolute Gasteiger partial charge is 0.488 e. The number of rotatable bonds is 5. The lowest BCUT2D eigenvalue weighted by Crippen LogP contribution is -2.41. The topological polar surface area (TPSA) is 72.6 Å². The highest BCUT2D eigenvalue weighted by Gasteiger charge is 2.26. The molecule has 0 aliphatic heterocycles. The number of carboxylic acid groups (broad SMARTS) is 1. The van der Waals surface area contributed by atoms with Gasteiger partial charge >= 0.3 is 5.97 Å². The zero-order valence-corrected chi connectivity index (χ0v) is 10.6. The molecular formula is C12H16ClNO3. The van der Waals surface area contributed by atoms with Gasteiger partial charge in [0.05, 0.1) is 0 Å². The Bertz CT molecular complexity index is 406. The first kappa shape index (κ1) is 13.8. The molecular weight excluding hydrogens is 242 g/mol. The predicted molar refractivity (Wildman–Crippen MR) is 66.4 cm³/mol. The molecule has 0 bridgehead atoms. The van der Waals surface area contributed by atoms with Crippen LogP contribution < -0.4 is 10.5 Å². The van der Waals surface area contributed by atoms with E-state index in [9.17, 15) is 4.79 Å². The highest BCUT2D eigenvalue weighted by Crippen LogP contribution is 2.24. The minimum Gasteiger partial charge on any atom is -0.488 e. The summed E-state index contributed by atoms with van der Waals surface area (Å²) < 4.78 is 5.68. The summed E-state index contributed by atoms with van der Waals surface area (Å²) in [5.74, 6) is -0.437. The summed E-state index contributed by atoms with van der Waals surface area (Å²) in [5.41, 5.74) is 4.82. The van der Waals surface area contributed by atoms with Gasteiger partial charge in [-0.2, -0.15) is 0 Å². The van der Waals surface area contributed by atoms with Crippen molar-refractivity contribution < 1.29 is 14.6 Å². The van der Waals surface area contributed by atoms with E-state index < -0.39 is 17.6 Å². The molecule has 3 N–H and O–H groups in total. The molecule has 1 aromatic carbocycles. The minimum atomic E-state index is -1.03. The number of aliphatic carboxylic acids is 1. The Morgan fingerprint density at radius 3 is 2.76 bits per heavy atom. The molecule has 1 rings (SSSR count). The monoisotopic (exact) mass is 257 g/mol. The van der Waals surface area contributed by atoms with Crippen LogP contribution in [0.4, 0.5) is 0 Å². The van der Waals surface area contributed by atoms with Crippen molar-refractivity contribution in [3.63, 3.8) is 0 Å². The van der Waals surface area contributed by atoms with Crippen molar-refractivity contribution >= 4 is 17.6 Å². The number of benzene rings is 1. The maximum atomic E-state index is 10.7. The van der Waals surface area contributed by atoms with Gasteiger partial charge in [0, 0.05) is 11.4 Å². The average Bonchev–Trinajstić information content (AvgIpc) is 2.15. The molecule has 0 radical (unpaired) electrons. The molecule has 0 aliphatic carbocycles. The summed E-state index contributed by atoms with van der Waals surface area (Å²) in [7, 11) is 0. The third-order valence-electron chi connectivity index (χ3n) is 2.22. The van der Waals surface area contributed by atoms with Crippen molar-refractivity contribution in [2.75, 3.05) is 0 Å². The van der Waals surface area contributed by atoms with E-state index in [1.807, 2.05) is 0 Å². The van der Waals surface area contributed by atoms with Crippen LogP contribution in [0.3, 0.4) is 0 Å². The molecule has 5 heteroatoms. The summed E-state index contributed by atoms with van der Waals surface area (Å²) in [6, 6.07) is 6.01. The van der Waals surface area contributed by atoms with Crippen LogP contribution in [0.2, 0.25) is 5.02 Å². The van der Waals surface area contributed by atoms with Gasteiger partial charge in [-0.3, -0.25) is 4.79 Å². The van der Waals surface area contributed by atoms with Crippen LogP contribution in [0.1, 0.15) is 20.3 Å². The number of hydrogen-bond acceptors (Lipinski definition) is 3. The SMILES string of the molecule is CC(C)(CC(N)C(=O)O)Oc1cccc(Cl)c1. The van der Waals surface area contributed by atoms with Crippen molar-refractivity contribution in [2.45, 2.75) is 31.9 Å². The molecule has 1 atom stereocenters. The van der Waals surface area contributed by atoms with Gasteiger partial charge in [0.15, 0.2) is 0 Å². The second-order valence-electron chi connectivity index (χ2n) is 4.47. The molecule has 17 heavy (non-hydrogen) atoms. The molecule has 0 spiro atoms. The van der Waals surface area contributed by atoms with Crippen LogP contribution in [0.25, 0.3) is 0 Å². The van der Waals surface area contributed by atoms with Gasteiger partial charge in [0.2, 0.25) is 0 Å². The van der Waals surface area contributed by atoms with E-state index in [2.05, 4.69) is 0 Å². The van der Waals surface area contributed by atoms with E-state index in [1.54, 1.807) is 38.1 Å². The number of carbonyl (C=O) groups is 1. The van der Waals surface area contributed by atoms with E-state index in [0.29, 0.717) is 10.8 Å². The van der Waals surface area contributed by atoms with Crippen molar-refractivity contribution in [2.24, 2.45) is 5.73 Å². The Morgan fingerprint density at radius 2 is 2.24 bits per heavy atom. The Kier molecular flexibility index (Phi) is 4.37. The molecule has 1 unspecified atom stereocenters. The van der Waals surface area contributed by atoms with Crippen molar-refractivity contribution in [1.29, 1.82) is 0 Å². The van der Waals surface area contributed by atoms with Gasteiger partial charge in [-0.25, -0.2) is 0 Å². The molecule has 94 valence electrons. The van der Waals surface area contributed by atoms with Gasteiger partial charge in [-0.1, -0.05) is 17.7 Å². The number of ether oxygens (including phenoxy) is 1. The highest BCUT2D eigenvalue weighted by molar-refractivity contribution is 6.30. The van der Waals surface area contributed by atoms with E-state index in [4.69, 9.17) is 27.2 Å². The summed E-state index contributed by atoms with van der Waals surface area (Å²) in [5, 5.41) is 9.32. The lowest BCUT2D eigenvalue weighted by molar-refractivity contribution is -0.139. The van der Waals surface area contributed by atoms with Crippen LogP contribution >= 0.6 is 11.6 Å². The smallest absolute Gasteiger partial charge is 0.320 e. The van der Waals surface area contributed by atoms with Crippen molar-refractivity contribution in [3.05, 3.63) is 29.3 Å². The molecule has 4 nitrogen and oxygen atoms in total. The lowest BCUT2D eigenvalue weighted by Gasteiger charge is -2.28. The van der Waals surface area contributed by atoms with Crippen molar-refractivity contribution in [3.8, 4) is 5.75 Å². The zero-order chi connectivity index (χ0) is 13.1. The van der Waals surface area contributed by atoms with E-state index in [0.717, 1.165) is 0 Å². The normalized spacial score (nSPS) is 13.2. The third-order valence-corrected chi connectivity index (χ3v) is 2.45. The number of nitrogens with two attached hydrogens (primary N) is 1. The lowest BCUT2D eigenvalue weighted by atomic mass is 9.99. The Morgan fingerprint density at radius 1 is 1.59 bits per heavy atom. The first-order valence-corrected chi connectivity index (χ1v) is 5.61. The third kappa shape index (κ3) is 4.63. The fourth-order valence-corrected chi connectivity index (χ4v) is 1.69. The van der Waals surface area contributed by atoms with Crippen molar-refractivity contribution in [1.82, 2.24) is 0 Å². The quantitative estimate of drug-likeness (QED) is 0.849. The molecule has 0 amide bonds. The Hall–Kier alpha value is -1.26. The van der Waals surface area contributed by atoms with Crippen LogP contribution in [0.5, 0.6) is 5.75 Å². The number of hydrogen-bond donors (Lipinski definition) is 2. The molecule has 0 fully saturated rings. The first-order chi connectivity index (χ1) is 7.80. The van der Waals surface area contributed by atoms with Crippen LogP contribution in [0.15, 0.2) is 24.3 Å². The standard InChI is InChI=1S/C12H16ClNO3/c1-12(2,7-10(14)11(15)16)17-9-5-3-4-8(13)6-9/h3-6,10H,7,14H2,1-2H3,(H,15,16).